The van der Waals surface area contributed by atoms with Crippen LogP contribution in [-0.4, -0.2) is 43.1 Å². The smallest absolute Gasteiger partial charge is 0.130 e. The van der Waals surface area contributed by atoms with Gasteiger partial charge in [0.1, 0.15) is 5.82 Å². The summed E-state index contributed by atoms with van der Waals surface area (Å²) in [6, 6.07) is 14.4. The van der Waals surface area contributed by atoms with Gasteiger partial charge in [-0.25, -0.2) is 4.98 Å². The van der Waals surface area contributed by atoms with Crippen molar-refractivity contribution in [1.29, 1.82) is 5.26 Å². The molecule has 2 heterocycles. The van der Waals surface area contributed by atoms with Crippen molar-refractivity contribution >= 4 is 17.6 Å². The number of likely N-dealkylation sites (N-methyl/N-ethyl adjacent to an activating group) is 1. The highest BCUT2D eigenvalue weighted by Crippen LogP contribution is 2.26. The van der Waals surface area contributed by atoms with E-state index >= 15 is 0 Å². The van der Waals surface area contributed by atoms with Gasteiger partial charge in [0.15, 0.2) is 0 Å². The molecule has 1 aromatic carbocycles. The molecule has 0 aliphatic carbocycles. The van der Waals surface area contributed by atoms with Crippen molar-refractivity contribution < 1.29 is 0 Å². The van der Waals surface area contributed by atoms with Gasteiger partial charge in [-0.15, -0.1) is 11.8 Å². The fourth-order valence-corrected chi connectivity index (χ4v) is 3.99. The summed E-state index contributed by atoms with van der Waals surface area (Å²) in [6.07, 6.45) is 2.20. The van der Waals surface area contributed by atoms with E-state index in [-0.39, 0.29) is 0 Å². The Morgan fingerprint density at radius 1 is 1.08 bits per heavy atom. The molecule has 1 aromatic heterocycles. The number of aromatic nitrogens is 1. The van der Waals surface area contributed by atoms with Crippen molar-refractivity contribution in [1.82, 2.24) is 9.88 Å². The average molecular weight is 367 g/mol. The highest BCUT2D eigenvalue weighted by molar-refractivity contribution is 7.98. The lowest BCUT2D eigenvalue weighted by Gasteiger charge is -2.23. The van der Waals surface area contributed by atoms with E-state index in [9.17, 15) is 0 Å². The van der Waals surface area contributed by atoms with Gasteiger partial charge in [-0.1, -0.05) is 19.1 Å². The highest BCUT2D eigenvalue weighted by Gasteiger charge is 2.15. The Balaban J connectivity index is 1.73. The summed E-state index contributed by atoms with van der Waals surface area (Å²) in [5.41, 5.74) is 3.27. The van der Waals surface area contributed by atoms with Crippen LogP contribution in [-0.2, 0) is 12.2 Å². The molecule has 0 atom stereocenters. The summed E-state index contributed by atoms with van der Waals surface area (Å²) in [5.74, 6) is 1.98. The minimum Gasteiger partial charge on any atom is -0.355 e. The van der Waals surface area contributed by atoms with Gasteiger partial charge in [-0.05, 0) is 61.8 Å². The third-order valence-electron chi connectivity index (χ3n) is 4.77. The average Bonchev–Trinajstić information content (AvgIpc) is 2.91. The molecule has 1 aliphatic rings. The first kappa shape index (κ1) is 18.8. The zero-order chi connectivity index (χ0) is 18.4. The van der Waals surface area contributed by atoms with Crippen molar-refractivity contribution in [2.75, 3.05) is 38.1 Å². The Labute approximate surface area is 160 Å². The third kappa shape index (κ3) is 5.00. The number of pyridine rings is 1. The van der Waals surface area contributed by atoms with Crippen LogP contribution in [0.4, 0.5) is 5.82 Å². The molecule has 0 amide bonds. The molecule has 0 spiro atoms. The van der Waals surface area contributed by atoms with Crippen LogP contribution in [0.25, 0.3) is 0 Å². The first-order valence-electron chi connectivity index (χ1n) is 9.24. The van der Waals surface area contributed by atoms with E-state index in [0.29, 0.717) is 5.56 Å². The predicted octanol–water partition coefficient (Wildman–Crippen LogP) is 3.95. The van der Waals surface area contributed by atoms with E-state index in [1.165, 1.54) is 17.5 Å². The van der Waals surface area contributed by atoms with Gasteiger partial charge in [0.2, 0.25) is 0 Å². The highest BCUT2D eigenvalue weighted by atomic mass is 32.2. The number of anilines is 1. The molecule has 1 aliphatic heterocycles. The number of nitrogens with zero attached hydrogens (tertiary/aromatic N) is 4. The van der Waals surface area contributed by atoms with Crippen LogP contribution in [0.15, 0.2) is 41.4 Å². The molecule has 0 radical (unpaired) electrons. The van der Waals surface area contributed by atoms with Gasteiger partial charge < -0.3 is 9.80 Å². The summed E-state index contributed by atoms with van der Waals surface area (Å²) in [4.78, 5) is 9.76. The quantitative estimate of drug-likeness (QED) is 0.750. The Kier molecular flexibility index (Phi) is 6.54. The van der Waals surface area contributed by atoms with Crippen molar-refractivity contribution in [3.63, 3.8) is 0 Å². The monoisotopic (exact) mass is 366 g/mol. The number of aryl methyl sites for hydroxylation is 1. The number of benzene rings is 1. The zero-order valence-corrected chi connectivity index (χ0v) is 16.4. The Morgan fingerprint density at radius 2 is 1.88 bits per heavy atom. The van der Waals surface area contributed by atoms with E-state index in [0.717, 1.165) is 49.2 Å². The van der Waals surface area contributed by atoms with E-state index in [4.69, 9.17) is 10.2 Å². The van der Waals surface area contributed by atoms with Crippen LogP contribution in [0.3, 0.4) is 0 Å². The molecule has 2 aromatic rings. The Bertz CT molecular complexity index is 767. The van der Waals surface area contributed by atoms with Gasteiger partial charge in [-0.2, -0.15) is 5.26 Å². The lowest BCUT2D eigenvalue weighted by Crippen LogP contribution is -2.29. The molecule has 4 nitrogen and oxygen atoms in total. The summed E-state index contributed by atoms with van der Waals surface area (Å²) >= 11 is 1.77. The fraction of sp³-hybridized carbons (Fsp3) is 0.429. The number of hydrogen-bond donors (Lipinski definition) is 0. The minimum atomic E-state index is 0.707. The molecule has 3 rings (SSSR count). The second kappa shape index (κ2) is 9.07. The molecule has 5 heteroatoms. The standard InChI is InChI=1S/C21H26N4S/c1-3-17-13-20(25-10-4-9-24(2)11-12-25)23-21(14-17)26-16-19-7-5-18(15-22)6-8-19/h5-8,13-14H,3-4,9-12,16H2,1-2H3. The van der Waals surface area contributed by atoms with E-state index < -0.39 is 0 Å². The fourth-order valence-electron chi connectivity index (χ4n) is 3.09. The molecule has 1 fully saturated rings. The molecule has 0 unspecified atom stereocenters. The van der Waals surface area contributed by atoms with Gasteiger partial charge in [0, 0.05) is 25.4 Å². The van der Waals surface area contributed by atoms with Crippen LogP contribution in [0.1, 0.15) is 30.0 Å². The third-order valence-corrected chi connectivity index (χ3v) is 5.75. The summed E-state index contributed by atoms with van der Waals surface area (Å²) in [7, 11) is 2.19. The first-order valence-corrected chi connectivity index (χ1v) is 10.2. The molecule has 0 saturated carbocycles. The number of nitriles is 1. The van der Waals surface area contributed by atoms with Crippen LogP contribution < -0.4 is 4.90 Å². The number of hydrogen-bond acceptors (Lipinski definition) is 5. The van der Waals surface area contributed by atoms with Crippen LogP contribution in [0.5, 0.6) is 0 Å². The van der Waals surface area contributed by atoms with Gasteiger partial charge >= 0.3 is 0 Å². The van der Waals surface area contributed by atoms with Crippen molar-refractivity contribution in [2.24, 2.45) is 0 Å². The Morgan fingerprint density at radius 3 is 2.62 bits per heavy atom. The molecular formula is C21H26N4S. The van der Waals surface area contributed by atoms with Gasteiger partial charge in [-0.3, -0.25) is 0 Å². The van der Waals surface area contributed by atoms with Crippen LogP contribution >= 0.6 is 11.8 Å². The molecule has 0 N–H and O–H groups in total. The lowest BCUT2D eigenvalue weighted by atomic mass is 10.2. The predicted molar refractivity (Wildman–Crippen MR) is 109 cm³/mol. The number of rotatable bonds is 5. The number of thioether (sulfide) groups is 1. The maximum atomic E-state index is 8.91. The van der Waals surface area contributed by atoms with Crippen molar-refractivity contribution in [2.45, 2.75) is 30.5 Å². The molecule has 26 heavy (non-hydrogen) atoms. The maximum Gasteiger partial charge on any atom is 0.130 e. The SMILES string of the molecule is CCc1cc(SCc2ccc(C#N)cc2)nc(N2CCCN(C)CC2)c1. The summed E-state index contributed by atoms with van der Waals surface area (Å²) < 4.78 is 0. The second-order valence-electron chi connectivity index (χ2n) is 6.77. The van der Waals surface area contributed by atoms with E-state index in [1.54, 1.807) is 11.8 Å². The topological polar surface area (TPSA) is 43.2 Å². The first-order chi connectivity index (χ1) is 12.7. The van der Waals surface area contributed by atoms with Crippen molar-refractivity contribution in [3.8, 4) is 6.07 Å². The van der Waals surface area contributed by atoms with Gasteiger partial charge in [0.25, 0.3) is 0 Å². The second-order valence-corrected chi connectivity index (χ2v) is 7.76. The van der Waals surface area contributed by atoms with Crippen LogP contribution in [0, 0.1) is 11.3 Å². The zero-order valence-electron chi connectivity index (χ0n) is 15.6. The van der Waals surface area contributed by atoms with Gasteiger partial charge in [0.05, 0.1) is 16.7 Å². The summed E-state index contributed by atoms with van der Waals surface area (Å²) in [6.45, 7) is 6.56. The van der Waals surface area contributed by atoms with Crippen molar-refractivity contribution in [3.05, 3.63) is 53.1 Å². The Hall–Kier alpha value is -2.03. The minimum absolute atomic E-state index is 0.707. The maximum absolute atomic E-state index is 8.91. The summed E-state index contributed by atoms with van der Waals surface area (Å²) in [5, 5.41) is 10.00. The van der Waals surface area contributed by atoms with E-state index in [1.807, 2.05) is 24.3 Å². The lowest BCUT2D eigenvalue weighted by molar-refractivity contribution is 0.360. The molecule has 1 saturated heterocycles. The molecule has 136 valence electrons. The molecule has 0 bridgehead atoms. The van der Waals surface area contributed by atoms with Crippen LogP contribution in [0.2, 0.25) is 0 Å². The molecular weight excluding hydrogens is 340 g/mol. The normalized spacial score (nSPS) is 15.5. The van der Waals surface area contributed by atoms with E-state index in [2.05, 4.69) is 42.0 Å². The largest absolute Gasteiger partial charge is 0.355 e.